The first-order valence-corrected chi connectivity index (χ1v) is 10.8. The third-order valence-electron chi connectivity index (χ3n) is 6.76. The summed E-state index contributed by atoms with van der Waals surface area (Å²) in [6.07, 6.45) is 2.46. The maximum Gasteiger partial charge on any atom is 0.175 e. The van der Waals surface area contributed by atoms with Crippen molar-refractivity contribution in [1.29, 1.82) is 0 Å². The fourth-order valence-corrected chi connectivity index (χ4v) is 4.98. The number of carbonyl (C=O) groups excluding carboxylic acids is 1. The van der Waals surface area contributed by atoms with Crippen LogP contribution in [0.2, 0.25) is 0 Å². The van der Waals surface area contributed by atoms with Gasteiger partial charge in [-0.1, -0.05) is 30.4 Å². The zero-order valence-corrected chi connectivity index (χ0v) is 18.4. The number of rotatable bonds is 4. The molecule has 7 nitrogen and oxygen atoms in total. The van der Waals surface area contributed by atoms with E-state index in [0.717, 1.165) is 0 Å². The van der Waals surface area contributed by atoms with Gasteiger partial charge in [0.1, 0.15) is 6.10 Å². The molecule has 1 aromatic carbocycles. The predicted molar refractivity (Wildman–Crippen MR) is 118 cm³/mol. The molecule has 0 spiro atoms. The molecule has 7 unspecified atom stereocenters. The van der Waals surface area contributed by atoms with Crippen LogP contribution in [-0.4, -0.2) is 56.2 Å². The smallest absolute Gasteiger partial charge is 0.175 e. The van der Waals surface area contributed by atoms with Crippen molar-refractivity contribution in [2.24, 2.45) is 17.8 Å². The van der Waals surface area contributed by atoms with E-state index in [9.17, 15) is 25.2 Å². The molecule has 1 fully saturated rings. The van der Waals surface area contributed by atoms with Crippen LogP contribution in [0.3, 0.4) is 0 Å². The van der Waals surface area contributed by atoms with Crippen molar-refractivity contribution in [1.82, 2.24) is 0 Å². The molecule has 1 aliphatic carbocycles. The minimum atomic E-state index is -1.11. The second-order valence-corrected chi connectivity index (χ2v) is 9.60. The van der Waals surface area contributed by atoms with Crippen LogP contribution >= 0.6 is 0 Å². The Morgan fingerprint density at radius 3 is 2.59 bits per heavy atom. The lowest BCUT2D eigenvalue weighted by Crippen LogP contribution is -2.62. The number of aromatic hydroxyl groups is 2. The number of ether oxygens (including phenoxy) is 2. The summed E-state index contributed by atoms with van der Waals surface area (Å²) in [5, 5.41) is 41.3. The Balaban J connectivity index is 1.73. The molecule has 0 saturated heterocycles. The van der Waals surface area contributed by atoms with E-state index in [0.29, 0.717) is 11.1 Å². The average molecular weight is 443 g/mol. The molecule has 4 N–H and O–H groups in total. The number of hydrogen-bond donors (Lipinski definition) is 4. The van der Waals surface area contributed by atoms with Crippen molar-refractivity contribution >= 4 is 11.4 Å². The third kappa shape index (κ3) is 3.85. The second kappa shape index (κ2) is 8.06. The average Bonchev–Trinajstić information content (AvgIpc) is 2.72. The maximum atomic E-state index is 13.5. The van der Waals surface area contributed by atoms with E-state index in [1.807, 2.05) is 26.0 Å². The SMILES string of the molecule is C=C(C)C(O)CC1C(O)C2C(=O)C(c3ccc(O)c(O)c3)=COC2C2C=CC(C)(C)OC21. The van der Waals surface area contributed by atoms with Gasteiger partial charge in [0, 0.05) is 11.8 Å². The number of aliphatic hydroxyl groups excluding tert-OH is 2. The molecule has 32 heavy (non-hydrogen) atoms. The summed E-state index contributed by atoms with van der Waals surface area (Å²) in [6.45, 7) is 9.38. The highest BCUT2D eigenvalue weighted by Gasteiger charge is 2.57. The first-order chi connectivity index (χ1) is 15.0. The summed E-state index contributed by atoms with van der Waals surface area (Å²) < 4.78 is 12.3. The van der Waals surface area contributed by atoms with Crippen LogP contribution in [0.15, 0.2) is 48.8 Å². The molecular formula is C25H30O7. The van der Waals surface area contributed by atoms with Gasteiger partial charge in [0.2, 0.25) is 0 Å². The lowest BCUT2D eigenvalue weighted by Gasteiger charge is -2.52. The molecule has 7 atom stereocenters. The van der Waals surface area contributed by atoms with E-state index in [1.54, 1.807) is 6.92 Å². The molecule has 1 saturated carbocycles. The molecule has 7 heteroatoms. The van der Waals surface area contributed by atoms with Crippen LogP contribution in [0.4, 0.5) is 0 Å². The minimum absolute atomic E-state index is 0.205. The summed E-state index contributed by atoms with van der Waals surface area (Å²) in [7, 11) is 0. The highest BCUT2D eigenvalue weighted by atomic mass is 16.5. The van der Waals surface area contributed by atoms with E-state index in [2.05, 4.69) is 6.58 Å². The Morgan fingerprint density at radius 2 is 1.94 bits per heavy atom. The molecule has 172 valence electrons. The minimum Gasteiger partial charge on any atom is -0.504 e. The molecule has 4 rings (SSSR count). The van der Waals surface area contributed by atoms with E-state index < -0.39 is 41.9 Å². The number of aliphatic hydroxyl groups is 2. The summed E-state index contributed by atoms with van der Waals surface area (Å²) in [6, 6.07) is 4.09. The van der Waals surface area contributed by atoms with Gasteiger partial charge in [-0.15, -0.1) is 0 Å². The van der Waals surface area contributed by atoms with Gasteiger partial charge >= 0.3 is 0 Å². The van der Waals surface area contributed by atoms with Crippen LogP contribution in [0.25, 0.3) is 5.57 Å². The summed E-state index contributed by atoms with van der Waals surface area (Å²) in [5.41, 5.74) is 0.615. The Hall–Kier alpha value is -2.61. The lowest BCUT2D eigenvalue weighted by atomic mass is 9.63. The topological polar surface area (TPSA) is 116 Å². The lowest BCUT2D eigenvalue weighted by molar-refractivity contribution is -0.198. The standard InChI is InChI=1S/C25H30O7/c1-12(2)18(27)10-15-21(29)20-22(30)16(13-5-6-17(26)19(28)9-13)11-31-24(20)14-7-8-25(3,4)32-23(14)15/h5-9,11,14-15,18,20-21,23-24,26-29H,1,10H2,2-4H3. The Kier molecular flexibility index (Phi) is 5.69. The van der Waals surface area contributed by atoms with Gasteiger partial charge < -0.3 is 29.9 Å². The summed E-state index contributed by atoms with van der Waals surface area (Å²) >= 11 is 0. The Morgan fingerprint density at radius 1 is 1.22 bits per heavy atom. The van der Waals surface area contributed by atoms with E-state index in [1.165, 1.54) is 24.5 Å². The van der Waals surface area contributed by atoms with Crippen LogP contribution in [0.5, 0.6) is 11.5 Å². The van der Waals surface area contributed by atoms with Crippen LogP contribution in [0, 0.1) is 17.8 Å². The number of benzene rings is 1. The highest BCUT2D eigenvalue weighted by molar-refractivity contribution is 6.22. The third-order valence-corrected chi connectivity index (χ3v) is 6.76. The molecule has 0 amide bonds. The number of fused-ring (bicyclic) bond motifs is 3. The van der Waals surface area contributed by atoms with Gasteiger partial charge in [-0.2, -0.15) is 0 Å². The zero-order chi connectivity index (χ0) is 23.4. The first-order valence-electron chi connectivity index (χ1n) is 10.8. The predicted octanol–water partition coefficient (Wildman–Crippen LogP) is 2.69. The molecule has 0 bridgehead atoms. The zero-order valence-electron chi connectivity index (χ0n) is 18.4. The summed E-state index contributed by atoms with van der Waals surface area (Å²) in [5.74, 6) is -2.63. The van der Waals surface area contributed by atoms with Crippen molar-refractivity contribution in [2.45, 2.75) is 57.2 Å². The van der Waals surface area contributed by atoms with E-state index in [-0.39, 0.29) is 35.2 Å². The number of ketones is 1. The van der Waals surface area contributed by atoms with Gasteiger partial charge in [0.25, 0.3) is 0 Å². The van der Waals surface area contributed by atoms with Gasteiger partial charge in [-0.25, -0.2) is 0 Å². The van der Waals surface area contributed by atoms with Crippen LogP contribution in [0.1, 0.15) is 32.8 Å². The number of phenolic OH excluding ortho intramolecular Hbond substituents is 2. The van der Waals surface area contributed by atoms with E-state index in [4.69, 9.17) is 9.47 Å². The molecule has 2 heterocycles. The molecule has 0 aromatic heterocycles. The van der Waals surface area contributed by atoms with Crippen molar-refractivity contribution in [2.75, 3.05) is 0 Å². The van der Waals surface area contributed by atoms with E-state index >= 15 is 0 Å². The van der Waals surface area contributed by atoms with Crippen molar-refractivity contribution in [3.8, 4) is 11.5 Å². The van der Waals surface area contributed by atoms with Crippen LogP contribution < -0.4 is 0 Å². The van der Waals surface area contributed by atoms with Gasteiger partial charge in [0.15, 0.2) is 17.3 Å². The Bertz CT molecular complexity index is 992. The number of carbonyl (C=O) groups is 1. The quantitative estimate of drug-likeness (QED) is 0.418. The molecular weight excluding hydrogens is 412 g/mol. The summed E-state index contributed by atoms with van der Waals surface area (Å²) in [4.78, 5) is 13.5. The highest BCUT2D eigenvalue weighted by Crippen LogP contribution is 2.48. The molecule has 0 radical (unpaired) electrons. The van der Waals surface area contributed by atoms with Gasteiger partial charge in [-0.3, -0.25) is 4.79 Å². The normalized spacial score (nSPS) is 34.0. The number of hydrogen-bond acceptors (Lipinski definition) is 7. The van der Waals surface area contributed by atoms with Gasteiger partial charge in [-0.05, 0) is 44.9 Å². The monoisotopic (exact) mass is 442 g/mol. The maximum absolute atomic E-state index is 13.5. The molecule has 3 aliphatic rings. The number of Topliss-reactive ketones (excluding diaryl/α,β-unsaturated/α-hetero) is 1. The van der Waals surface area contributed by atoms with Crippen molar-refractivity contribution in [3.63, 3.8) is 0 Å². The van der Waals surface area contributed by atoms with Gasteiger partial charge in [0.05, 0.1) is 41.7 Å². The Labute approximate surface area is 187 Å². The number of allylic oxidation sites excluding steroid dienone is 1. The number of phenols is 2. The largest absolute Gasteiger partial charge is 0.504 e. The fraction of sp³-hybridized carbons (Fsp3) is 0.480. The first kappa shape index (κ1) is 22.6. The van der Waals surface area contributed by atoms with Crippen molar-refractivity contribution in [3.05, 3.63) is 54.3 Å². The van der Waals surface area contributed by atoms with Crippen LogP contribution in [-0.2, 0) is 14.3 Å². The fourth-order valence-electron chi connectivity index (χ4n) is 4.98. The molecule has 2 aliphatic heterocycles. The van der Waals surface area contributed by atoms with Crippen molar-refractivity contribution < 1.29 is 34.7 Å². The second-order valence-electron chi connectivity index (χ2n) is 9.60. The molecule has 1 aromatic rings.